The fourth-order valence-electron chi connectivity index (χ4n) is 7.03. The van der Waals surface area contributed by atoms with E-state index in [1.165, 1.54) is 18.4 Å². The number of fused-ring (bicyclic) bond motifs is 5. The number of hydrogen-bond acceptors (Lipinski definition) is 4. The molecule has 0 spiro atoms. The van der Waals surface area contributed by atoms with Crippen molar-refractivity contribution in [1.29, 1.82) is 0 Å². The van der Waals surface area contributed by atoms with E-state index in [1.807, 2.05) is 21.1 Å². The van der Waals surface area contributed by atoms with Crippen molar-refractivity contribution in [3.63, 3.8) is 0 Å². The first-order valence-electron chi connectivity index (χ1n) is 11.4. The van der Waals surface area contributed by atoms with E-state index in [0.29, 0.717) is 23.5 Å². The minimum absolute atomic E-state index is 0.0221. The van der Waals surface area contributed by atoms with Crippen LogP contribution in [0, 0.1) is 28.6 Å². The van der Waals surface area contributed by atoms with Gasteiger partial charge in [0.25, 0.3) is 0 Å². The summed E-state index contributed by atoms with van der Waals surface area (Å²) in [6.45, 7) is 4.70. The Labute approximate surface area is 176 Å². The molecule has 29 heavy (non-hydrogen) atoms. The summed E-state index contributed by atoms with van der Waals surface area (Å²) in [5.41, 5.74) is 1.62. The average Bonchev–Trinajstić information content (AvgIpc) is 2.61. The van der Waals surface area contributed by atoms with E-state index in [2.05, 4.69) is 19.9 Å². The van der Waals surface area contributed by atoms with Gasteiger partial charge in [-0.05, 0) is 68.1 Å². The van der Waals surface area contributed by atoms with Gasteiger partial charge in [0.05, 0.1) is 4.62 Å². The van der Waals surface area contributed by atoms with E-state index in [-0.39, 0.29) is 21.6 Å². The van der Waals surface area contributed by atoms with E-state index in [4.69, 9.17) is 9.15 Å². The Balaban J connectivity index is 1.49. The minimum Gasteiger partial charge on any atom is -0.299 e. The van der Waals surface area contributed by atoms with Gasteiger partial charge < -0.3 is 0 Å². The van der Waals surface area contributed by atoms with E-state index >= 15 is 0 Å². The predicted molar refractivity (Wildman–Crippen MR) is 113 cm³/mol. The molecule has 4 aliphatic rings. The van der Waals surface area contributed by atoms with E-state index in [1.54, 1.807) is 0 Å². The molecular weight excluding hydrogens is 385 g/mol. The molecule has 3 fully saturated rings. The van der Waals surface area contributed by atoms with Crippen molar-refractivity contribution in [1.82, 2.24) is 0 Å². The Kier molecular flexibility index (Phi) is 5.60. The molecule has 0 aromatic rings. The maximum Gasteiger partial charge on any atom is 0.750 e. The quantitative estimate of drug-likeness (QED) is 0.256. The number of hydrogen-bond donors (Lipinski definition) is 0. The molecule has 3 saturated carbocycles. The average molecular weight is 424 g/mol. The zero-order valence-corrected chi connectivity index (χ0v) is 19.7. The fraction of sp³-hybridized carbons (Fsp3) is 0.870. The van der Waals surface area contributed by atoms with Crippen molar-refractivity contribution < 1.29 is 23.2 Å². The second-order valence-electron chi connectivity index (χ2n) is 11.2. The molecule has 0 aliphatic heterocycles. The minimum atomic E-state index is -2.11. The lowest BCUT2D eigenvalue weighted by molar-refractivity contribution is -1.04. The van der Waals surface area contributed by atoms with Gasteiger partial charge in [0.1, 0.15) is 33.0 Å². The fourth-order valence-corrected chi connectivity index (χ4v) is 7.89. The van der Waals surface area contributed by atoms with Gasteiger partial charge in [0.15, 0.2) is 0 Å². The number of allylic oxidation sites excluding steroid dienone is 1. The molecule has 0 bridgehead atoms. The van der Waals surface area contributed by atoms with E-state index in [9.17, 15) is 9.36 Å². The number of carbonyl (C=O) groups excluding carboxylic acids is 1. The second-order valence-corrected chi connectivity index (χ2v) is 12.0. The van der Waals surface area contributed by atoms with Crippen molar-refractivity contribution >= 4 is 14.0 Å². The zero-order valence-electron chi connectivity index (χ0n) is 18.8. The zero-order chi connectivity index (χ0) is 21.0. The lowest BCUT2D eigenvalue weighted by Crippen LogP contribution is -2.54. The van der Waals surface area contributed by atoms with Crippen LogP contribution >= 0.6 is 8.25 Å². The largest absolute Gasteiger partial charge is 0.750 e. The third-order valence-electron chi connectivity index (χ3n) is 8.55. The first-order chi connectivity index (χ1) is 13.5. The number of quaternary nitrogens is 1. The normalized spacial score (nSPS) is 43.0. The number of carbonyl (C=O) groups is 1. The van der Waals surface area contributed by atoms with Gasteiger partial charge >= 0.3 is 8.25 Å². The van der Waals surface area contributed by atoms with Crippen LogP contribution in [0.5, 0.6) is 0 Å². The van der Waals surface area contributed by atoms with Gasteiger partial charge in [-0.3, -0.25) is 4.79 Å². The van der Waals surface area contributed by atoms with E-state index in [0.717, 1.165) is 44.9 Å². The Morgan fingerprint density at radius 3 is 2.48 bits per heavy atom. The molecule has 0 amide bonds. The molecular formula is C23H38NO4P+2. The molecule has 4 aliphatic carbocycles. The molecule has 0 N–H and O–H groups in total. The van der Waals surface area contributed by atoms with Crippen LogP contribution in [0.4, 0.5) is 0 Å². The highest BCUT2D eigenvalue weighted by atomic mass is 31.1. The summed E-state index contributed by atoms with van der Waals surface area (Å²) in [6, 6.07) is 0. The Bertz CT molecular complexity index is 729. The standard InChI is InChI=1S/C23H38NO4P/c1-22-13-11-17(27-29(26)28-24(3,4)5)15-16(22)9-10-18-19-7-6-8-21(25)23(19,2)14-12-20(18)22/h9,17-20H,6-8,10-15H2,1-5H3/q+2/t17-,18?,19?,20?,22-,23-/m0/s1. The molecule has 162 valence electrons. The van der Waals surface area contributed by atoms with Gasteiger partial charge in [-0.15, -0.1) is 9.17 Å². The van der Waals surface area contributed by atoms with Crippen molar-refractivity contribution in [3.05, 3.63) is 11.6 Å². The third kappa shape index (κ3) is 3.89. The van der Waals surface area contributed by atoms with E-state index < -0.39 is 8.25 Å². The highest BCUT2D eigenvalue weighted by molar-refractivity contribution is 7.33. The number of rotatable bonds is 4. The number of ketones is 1. The Morgan fingerprint density at radius 1 is 1.07 bits per heavy atom. The van der Waals surface area contributed by atoms with Crippen LogP contribution in [0.1, 0.15) is 71.6 Å². The molecule has 5 nitrogen and oxygen atoms in total. The maximum atomic E-state index is 12.8. The first kappa shape index (κ1) is 21.6. The Morgan fingerprint density at radius 2 is 1.76 bits per heavy atom. The number of Topliss-reactive ketones (excluding diaryl/α,β-unsaturated/α-hetero) is 1. The van der Waals surface area contributed by atoms with Crippen LogP contribution in [-0.4, -0.2) is 37.7 Å². The van der Waals surface area contributed by atoms with Crippen LogP contribution < -0.4 is 0 Å². The van der Waals surface area contributed by atoms with Crippen molar-refractivity contribution in [2.24, 2.45) is 28.6 Å². The van der Waals surface area contributed by atoms with Crippen LogP contribution in [0.3, 0.4) is 0 Å². The second kappa shape index (κ2) is 7.51. The summed E-state index contributed by atoms with van der Waals surface area (Å²) >= 11 is 0. The lowest BCUT2D eigenvalue weighted by atomic mass is 9.45. The summed E-state index contributed by atoms with van der Waals surface area (Å²) in [5.74, 6) is 2.38. The SMILES string of the molecule is C[C@]12CC[C@H](O[P+](=O)O[N+](C)(C)C)CC1=CCC1C2CC[C@]2(C)C(=O)CCCC12. The van der Waals surface area contributed by atoms with Gasteiger partial charge in [-0.2, -0.15) is 0 Å². The summed E-state index contributed by atoms with van der Waals surface area (Å²) < 4.78 is 23.7. The first-order valence-corrected chi connectivity index (χ1v) is 12.5. The summed E-state index contributed by atoms with van der Waals surface area (Å²) in [5, 5.41) is 0. The van der Waals surface area contributed by atoms with Gasteiger partial charge in [-0.25, -0.2) is 0 Å². The maximum absolute atomic E-state index is 12.8. The topological polar surface area (TPSA) is 52.6 Å². The summed E-state index contributed by atoms with van der Waals surface area (Å²) in [6.07, 6.45) is 11.7. The number of hydroxylamine groups is 3. The van der Waals surface area contributed by atoms with Crippen molar-refractivity contribution in [2.45, 2.75) is 77.7 Å². The smallest absolute Gasteiger partial charge is 0.299 e. The molecule has 0 aromatic carbocycles. The van der Waals surface area contributed by atoms with Crippen LogP contribution in [0.2, 0.25) is 0 Å². The van der Waals surface area contributed by atoms with Gasteiger partial charge in [-0.1, -0.05) is 25.5 Å². The summed E-state index contributed by atoms with van der Waals surface area (Å²) in [7, 11) is 3.40. The van der Waals surface area contributed by atoms with Crippen LogP contribution in [0.15, 0.2) is 11.6 Å². The van der Waals surface area contributed by atoms with Crippen molar-refractivity contribution in [2.75, 3.05) is 21.1 Å². The molecule has 7 atom stereocenters. The molecule has 0 aromatic heterocycles. The van der Waals surface area contributed by atoms with Gasteiger partial charge in [0.2, 0.25) is 0 Å². The van der Waals surface area contributed by atoms with Gasteiger partial charge in [0, 0.05) is 22.8 Å². The van der Waals surface area contributed by atoms with Crippen molar-refractivity contribution in [3.8, 4) is 0 Å². The molecule has 6 heteroatoms. The third-order valence-corrected chi connectivity index (χ3v) is 9.64. The molecule has 4 rings (SSSR count). The molecule has 0 heterocycles. The van der Waals surface area contributed by atoms with Crippen LogP contribution in [0.25, 0.3) is 0 Å². The monoisotopic (exact) mass is 423 g/mol. The number of nitrogens with zero attached hydrogens (tertiary/aromatic N) is 1. The molecule has 4 unspecified atom stereocenters. The highest BCUT2D eigenvalue weighted by Gasteiger charge is 2.57. The molecule has 0 saturated heterocycles. The highest BCUT2D eigenvalue weighted by Crippen LogP contribution is 2.63. The Hall–Kier alpha value is -0.610. The van der Waals surface area contributed by atoms with Crippen LogP contribution in [-0.2, 0) is 18.5 Å². The summed E-state index contributed by atoms with van der Waals surface area (Å²) in [4.78, 5) is 12.8. The lowest BCUT2D eigenvalue weighted by Gasteiger charge is -2.59. The molecule has 0 radical (unpaired) electrons. The predicted octanol–water partition coefficient (Wildman–Crippen LogP) is 5.59.